The molecule has 0 spiro atoms. The number of hydrogen-bond donors (Lipinski definition) is 2. The number of carbonyl (C=O) groups excluding carboxylic acids is 2. The van der Waals surface area contributed by atoms with Gasteiger partial charge in [0.25, 0.3) is 0 Å². The quantitative estimate of drug-likeness (QED) is 0.276. The zero-order valence-electron chi connectivity index (χ0n) is 12.3. The molecule has 1 aromatic carbocycles. The first-order valence-electron chi connectivity index (χ1n) is 6.44. The number of amides is 4. The fraction of sp³-hybridized carbons (Fsp3) is 0.0833. The maximum Gasteiger partial charge on any atom is 1.00 e. The topological polar surface area (TPSA) is 126 Å². The van der Waals surface area contributed by atoms with Gasteiger partial charge in [-0.15, -0.1) is 6.07 Å². The number of aromatic nitrogens is 2. The van der Waals surface area contributed by atoms with Gasteiger partial charge in [-0.3, -0.25) is 10.1 Å². The van der Waals surface area contributed by atoms with Gasteiger partial charge < -0.3 is 5.32 Å². The normalized spacial score (nSPS) is 18.2. The van der Waals surface area contributed by atoms with E-state index in [0.717, 1.165) is 5.01 Å². The van der Waals surface area contributed by atoms with Crippen molar-refractivity contribution in [3.63, 3.8) is 0 Å². The third kappa shape index (κ3) is 2.29. The number of rotatable bonds is 2. The van der Waals surface area contributed by atoms with E-state index in [2.05, 4.69) is 21.8 Å². The standard InChI is InChI=1S/C12H8N7O4.Na/c20-11-14-9-5-7(19(22)23)1-2-8(9)10-17(11)15-12(21)18(10)16-4-3-13-6-16;/h2-6,10H,(H,14,20)(H,15,21);/q-1;+1. The summed E-state index contributed by atoms with van der Waals surface area (Å²) in [7, 11) is 0. The zero-order valence-corrected chi connectivity index (χ0v) is 14.3. The number of benzene rings is 1. The number of nitro groups is 1. The van der Waals surface area contributed by atoms with Crippen LogP contribution in [0.15, 0.2) is 30.9 Å². The number of fused-ring (bicyclic) bond motifs is 3. The molecule has 1 fully saturated rings. The molecular weight excluding hydrogens is 329 g/mol. The third-order valence-corrected chi connectivity index (χ3v) is 3.54. The van der Waals surface area contributed by atoms with Gasteiger partial charge in [0.1, 0.15) is 12.5 Å². The smallest absolute Gasteiger partial charge is 0.329 e. The van der Waals surface area contributed by atoms with Crippen molar-refractivity contribution >= 4 is 23.4 Å². The van der Waals surface area contributed by atoms with E-state index in [9.17, 15) is 19.7 Å². The second-order valence-corrected chi connectivity index (χ2v) is 4.82. The van der Waals surface area contributed by atoms with Crippen LogP contribution >= 0.6 is 0 Å². The minimum atomic E-state index is -0.808. The van der Waals surface area contributed by atoms with Crippen molar-refractivity contribution in [1.82, 2.24) is 20.1 Å². The summed E-state index contributed by atoms with van der Waals surface area (Å²) in [6.45, 7) is 0. The third-order valence-electron chi connectivity index (χ3n) is 3.54. The van der Waals surface area contributed by atoms with E-state index in [1.807, 2.05) is 0 Å². The summed E-state index contributed by atoms with van der Waals surface area (Å²) >= 11 is 0. The molecule has 1 saturated heterocycles. The van der Waals surface area contributed by atoms with Crippen LogP contribution < -0.4 is 45.3 Å². The molecule has 0 bridgehead atoms. The van der Waals surface area contributed by atoms with Crippen molar-refractivity contribution < 1.29 is 44.1 Å². The monoisotopic (exact) mass is 337 g/mol. The molecule has 12 heteroatoms. The summed E-state index contributed by atoms with van der Waals surface area (Å²) in [6, 6.07) is 4.00. The predicted octanol–water partition coefficient (Wildman–Crippen LogP) is -2.28. The molecule has 1 unspecified atom stereocenters. The van der Waals surface area contributed by atoms with E-state index in [-0.39, 0.29) is 40.9 Å². The Morgan fingerprint density at radius 1 is 1.33 bits per heavy atom. The summed E-state index contributed by atoms with van der Waals surface area (Å²) in [5.74, 6) is 0. The Kier molecular flexibility index (Phi) is 3.91. The van der Waals surface area contributed by atoms with Gasteiger partial charge in [-0.1, -0.05) is 17.3 Å². The predicted molar refractivity (Wildman–Crippen MR) is 74.5 cm³/mol. The number of hydrazine groups is 1. The average Bonchev–Trinajstić information content (AvgIpc) is 3.13. The van der Waals surface area contributed by atoms with Gasteiger partial charge >= 0.3 is 41.6 Å². The number of imidazole rings is 1. The first kappa shape index (κ1) is 16.2. The molecule has 4 rings (SSSR count). The van der Waals surface area contributed by atoms with Crippen LogP contribution in [0.3, 0.4) is 0 Å². The van der Waals surface area contributed by atoms with Crippen molar-refractivity contribution in [2.45, 2.75) is 6.17 Å². The number of nitrogens with zero attached hydrogens (tertiary/aromatic N) is 5. The molecule has 2 aliphatic rings. The van der Waals surface area contributed by atoms with Crippen LogP contribution in [0.25, 0.3) is 0 Å². The fourth-order valence-corrected chi connectivity index (χ4v) is 2.57. The van der Waals surface area contributed by atoms with Crippen molar-refractivity contribution in [1.29, 1.82) is 0 Å². The summed E-state index contributed by atoms with van der Waals surface area (Å²) < 4.78 is 1.42. The van der Waals surface area contributed by atoms with Crippen LogP contribution in [0.4, 0.5) is 21.0 Å². The molecule has 4 amide bonds. The van der Waals surface area contributed by atoms with E-state index in [1.165, 1.54) is 34.3 Å². The molecule has 0 saturated carbocycles. The van der Waals surface area contributed by atoms with E-state index in [1.54, 1.807) is 6.20 Å². The molecule has 116 valence electrons. The Balaban J connectivity index is 0.00000169. The Morgan fingerprint density at radius 2 is 2.12 bits per heavy atom. The molecule has 3 heterocycles. The van der Waals surface area contributed by atoms with Crippen molar-refractivity contribution in [3.05, 3.63) is 52.6 Å². The van der Waals surface area contributed by atoms with Crippen LogP contribution in [-0.2, 0) is 0 Å². The maximum atomic E-state index is 12.2. The van der Waals surface area contributed by atoms with Gasteiger partial charge in [-0.2, -0.15) is 6.07 Å². The molecule has 0 radical (unpaired) electrons. The summed E-state index contributed by atoms with van der Waals surface area (Å²) in [4.78, 5) is 38.5. The Morgan fingerprint density at radius 3 is 2.79 bits per heavy atom. The van der Waals surface area contributed by atoms with Gasteiger partial charge in [-0.05, 0) is 0 Å². The summed E-state index contributed by atoms with van der Waals surface area (Å²) in [5, 5.41) is 15.7. The summed E-state index contributed by atoms with van der Waals surface area (Å²) in [6.07, 6.45) is 3.63. The minimum Gasteiger partial charge on any atom is -0.329 e. The van der Waals surface area contributed by atoms with E-state index < -0.39 is 23.2 Å². The second-order valence-electron chi connectivity index (χ2n) is 4.82. The SMILES string of the molecule is O=C1Nc2cc([N+](=O)[O-])[c-]cc2C2N1NC(=O)N2n1ccnc1.[Na+]. The number of urea groups is 2. The molecule has 2 aliphatic heterocycles. The number of non-ortho nitro benzene ring substituents is 1. The van der Waals surface area contributed by atoms with Gasteiger partial charge in [-0.25, -0.2) is 34.7 Å². The van der Waals surface area contributed by atoms with Crippen LogP contribution in [0, 0.1) is 16.2 Å². The molecule has 1 atom stereocenters. The summed E-state index contributed by atoms with van der Waals surface area (Å²) in [5.41, 5.74) is 2.90. The number of anilines is 1. The largest absolute Gasteiger partial charge is 1.00 e. The zero-order chi connectivity index (χ0) is 16.1. The van der Waals surface area contributed by atoms with Gasteiger partial charge in [0.05, 0.1) is 0 Å². The van der Waals surface area contributed by atoms with Crippen LogP contribution in [-0.4, -0.2) is 31.7 Å². The van der Waals surface area contributed by atoms with Crippen LogP contribution in [0.1, 0.15) is 11.7 Å². The van der Waals surface area contributed by atoms with Crippen molar-refractivity contribution in [3.8, 4) is 0 Å². The maximum absolute atomic E-state index is 12.2. The minimum absolute atomic E-state index is 0. The fourth-order valence-electron chi connectivity index (χ4n) is 2.57. The van der Waals surface area contributed by atoms with Crippen molar-refractivity contribution in [2.75, 3.05) is 10.3 Å². The molecule has 1 aromatic heterocycles. The first-order chi connectivity index (χ1) is 11.1. The van der Waals surface area contributed by atoms with E-state index in [4.69, 9.17) is 0 Å². The average molecular weight is 337 g/mol. The number of nitro benzene ring substituents is 1. The molecular formula is C12H8N7NaO4. The Labute approximate surface area is 156 Å². The Bertz CT molecular complexity index is 840. The van der Waals surface area contributed by atoms with Gasteiger partial charge in [0, 0.05) is 17.3 Å². The van der Waals surface area contributed by atoms with E-state index in [0.29, 0.717) is 5.56 Å². The van der Waals surface area contributed by atoms with Crippen molar-refractivity contribution in [2.24, 2.45) is 0 Å². The molecule has 0 aliphatic carbocycles. The molecule has 2 aromatic rings. The van der Waals surface area contributed by atoms with Gasteiger partial charge in [0.15, 0.2) is 5.69 Å². The number of hydrogen-bond acceptors (Lipinski definition) is 5. The number of nitrogens with one attached hydrogen (secondary N) is 2. The molecule has 2 N–H and O–H groups in total. The van der Waals surface area contributed by atoms with Gasteiger partial charge in [0.2, 0.25) is 0 Å². The van der Waals surface area contributed by atoms with E-state index >= 15 is 0 Å². The van der Waals surface area contributed by atoms with Crippen LogP contribution in [0.5, 0.6) is 0 Å². The Hall–Kier alpha value is -2.63. The number of carbonyl (C=O) groups is 2. The van der Waals surface area contributed by atoms with Crippen LogP contribution in [0.2, 0.25) is 0 Å². The second kappa shape index (κ2) is 5.78. The molecule has 11 nitrogen and oxygen atoms in total. The first-order valence-corrected chi connectivity index (χ1v) is 6.44. The molecule has 24 heavy (non-hydrogen) atoms.